The highest BCUT2D eigenvalue weighted by atomic mass is 19.1. The maximum Gasteiger partial charge on any atom is 0.245 e. The molecular weight excluding hydrogens is 223 g/mol. The molecule has 1 heterocycles. The van der Waals surface area contributed by atoms with E-state index in [-0.39, 0.29) is 5.82 Å². The van der Waals surface area contributed by atoms with Crippen LogP contribution >= 0.6 is 0 Å². The van der Waals surface area contributed by atoms with Gasteiger partial charge in [0.05, 0.1) is 0 Å². The first-order valence-corrected chi connectivity index (χ1v) is 5.34. The number of aromatic amines is 1. The van der Waals surface area contributed by atoms with Crippen LogP contribution in [0.1, 0.15) is 5.56 Å². The second kappa shape index (κ2) is 4.97. The predicted octanol–water partition coefficient (Wildman–Crippen LogP) is 0.958. The number of nitrogens with one attached hydrogen (secondary N) is 2. The van der Waals surface area contributed by atoms with Gasteiger partial charge >= 0.3 is 0 Å². The van der Waals surface area contributed by atoms with E-state index in [4.69, 9.17) is 5.11 Å². The van der Waals surface area contributed by atoms with Gasteiger partial charge in [-0.15, -0.1) is 0 Å². The number of carbonyl (C=O) groups excluding carboxylic acids is 1. The molecule has 3 N–H and O–H groups in total. The molecule has 0 spiro atoms. The highest BCUT2D eigenvalue weighted by Gasteiger charge is 2.05. The Kier molecular flexibility index (Phi) is 3.39. The fraction of sp³-hybridized carbons (Fsp3) is 0.250. The second-order valence-electron chi connectivity index (χ2n) is 3.76. The third kappa shape index (κ3) is 2.62. The Balaban J connectivity index is 2.06. The molecule has 0 saturated heterocycles. The largest absolute Gasteiger partial charge is 0.387 e. The van der Waals surface area contributed by atoms with Gasteiger partial charge in [0.2, 0.25) is 5.91 Å². The molecule has 2 rings (SSSR count). The Labute approximate surface area is 97.5 Å². The van der Waals surface area contributed by atoms with Crippen LogP contribution in [0.15, 0.2) is 24.4 Å². The molecule has 0 radical (unpaired) electrons. The van der Waals surface area contributed by atoms with E-state index < -0.39 is 12.5 Å². The van der Waals surface area contributed by atoms with Gasteiger partial charge < -0.3 is 15.4 Å². The number of carbonyl (C=O) groups is 1. The van der Waals surface area contributed by atoms with Gasteiger partial charge in [0.1, 0.15) is 12.4 Å². The van der Waals surface area contributed by atoms with Crippen molar-refractivity contribution < 1.29 is 14.3 Å². The van der Waals surface area contributed by atoms with Crippen LogP contribution in [0.3, 0.4) is 0 Å². The number of aromatic nitrogens is 1. The minimum Gasteiger partial charge on any atom is -0.387 e. The number of hydrogen-bond donors (Lipinski definition) is 3. The molecular formula is C12H13FN2O2. The molecule has 0 unspecified atom stereocenters. The quantitative estimate of drug-likeness (QED) is 0.740. The summed E-state index contributed by atoms with van der Waals surface area (Å²) in [6.45, 7) is -0.0528. The summed E-state index contributed by atoms with van der Waals surface area (Å²) in [4.78, 5) is 13.8. The topological polar surface area (TPSA) is 65.1 Å². The van der Waals surface area contributed by atoms with Gasteiger partial charge in [0, 0.05) is 23.6 Å². The fourth-order valence-corrected chi connectivity index (χ4v) is 1.76. The van der Waals surface area contributed by atoms with E-state index in [1.165, 1.54) is 12.1 Å². The lowest BCUT2D eigenvalue weighted by Crippen LogP contribution is -2.28. The molecule has 5 heteroatoms. The molecule has 1 aromatic carbocycles. The van der Waals surface area contributed by atoms with E-state index in [2.05, 4.69) is 10.3 Å². The normalized spacial score (nSPS) is 10.7. The smallest absolute Gasteiger partial charge is 0.245 e. The SMILES string of the molecule is O=C(CO)NCCc1c[nH]c2cc(F)ccc12. The number of amides is 1. The molecule has 0 bridgehead atoms. The van der Waals surface area contributed by atoms with E-state index in [1.54, 1.807) is 12.3 Å². The number of rotatable bonds is 4. The summed E-state index contributed by atoms with van der Waals surface area (Å²) in [5, 5.41) is 12.1. The van der Waals surface area contributed by atoms with Gasteiger partial charge in [-0.25, -0.2) is 4.39 Å². The zero-order valence-corrected chi connectivity index (χ0v) is 9.16. The summed E-state index contributed by atoms with van der Waals surface area (Å²) < 4.78 is 12.9. The predicted molar refractivity (Wildman–Crippen MR) is 62.1 cm³/mol. The Hall–Kier alpha value is -1.88. The van der Waals surface area contributed by atoms with Crippen LogP contribution in [0.5, 0.6) is 0 Å². The third-order valence-corrected chi connectivity index (χ3v) is 2.59. The molecule has 0 fully saturated rings. The summed E-state index contributed by atoms with van der Waals surface area (Å²) in [7, 11) is 0. The average Bonchev–Trinajstić information content (AvgIpc) is 2.71. The van der Waals surface area contributed by atoms with Crippen molar-refractivity contribution in [3.63, 3.8) is 0 Å². The minimum atomic E-state index is -0.501. The van der Waals surface area contributed by atoms with Crippen LogP contribution in [-0.4, -0.2) is 29.1 Å². The molecule has 1 aromatic heterocycles. The van der Waals surface area contributed by atoms with Gasteiger partial charge in [0.25, 0.3) is 0 Å². The van der Waals surface area contributed by atoms with Crippen LogP contribution < -0.4 is 5.32 Å². The summed E-state index contributed by atoms with van der Waals surface area (Å²) in [5.74, 6) is -0.671. The number of aliphatic hydroxyl groups is 1. The zero-order valence-electron chi connectivity index (χ0n) is 9.16. The van der Waals surface area contributed by atoms with Crippen molar-refractivity contribution in [2.75, 3.05) is 13.2 Å². The van der Waals surface area contributed by atoms with Crippen LogP contribution in [0.25, 0.3) is 10.9 Å². The van der Waals surface area contributed by atoms with E-state index >= 15 is 0 Å². The van der Waals surface area contributed by atoms with E-state index in [0.717, 1.165) is 16.5 Å². The third-order valence-electron chi connectivity index (χ3n) is 2.59. The van der Waals surface area contributed by atoms with Gasteiger partial charge in [-0.1, -0.05) is 0 Å². The van der Waals surface area contributed by atoms with Gasteiger partial charge in [0.15, 0.2) is 0 Å². The fourth-order valence-electron chi connectivity index (χ4n) is 1.76. The first-order chi connectivity index (χ1) is 8.20. The van der Waals surface area contributed by atoms with Gasteiger partial charge in [-0.2, -0.15) is 0 Å². The minimum absolute atomic E-state index is 0.278. The molecule has 0 aliphatic rings. The summed E-state index contributed by atoms with van der Waals surface area (Å²) in [6, 6.07) is 4.56. The highest BCUT2D eigenvalue weighted by molar-refractivity contribution is 5.83. The molecule has 90 valence electrons. The zero-order chi connectivity index (χ0) is 12.3. The Bertz CT molecular complexity index is 536. The first-order valence-electron chi connectivity index (χ1n) is 5.34. The second-order valence-corrected chi connectivity index (χ2v) is 3.76. The van der Waals surface area contributed by atoms with Crippen molar-refractivity contribution in [3.05, 3.63) is 35.8 Å². The Morgan fingerprint density at radius 1 is 1.47 bits per heavy atom. The van der Waals surface area contributed by atoms with Crippen molar-refractivity contribution in [3.8, 4) is 0 Å². The van der Waals surface area contributed by atoms with Crippen LogP contribution in [-0.2, 0) is 11.2 Å². The maximum atomic E-state index is 12.9. The molecule has 17 heavy (non-hydrogen) atoms. The van der Waals surface area contributed by atoms with Crippen molar-refractivity contribution in [1.82, 2.24) is 10.3 Å². The number of aliphatic hydroxyl groups excluding tert-OH is 1. The number of hydrogen-bond acceptors (Lipinski definition) is 2. The van der Waals surface area contributed by atoms with Crippen LogP contribution in [0, 0.1) is 5.82 Å². The number of fused-ring (bicyclic) bond motifs is 1. The van der Waals surface area contributed by atoms with E-state index in [0.29, 0.717) is 13.0 Å². The molecule has 0 aliphatic carbocycles. The average molecular weight is 236 g/mol. The molecule has 0 aliphatic heterocycles. The van der Waals surface area contributed by atoms with Gasteiger partial charge in [-0.3, -0.25) is 4.79 Å². The molecule has 2 aromatic rings. The van der Waals surface area contributed by atoms with Crippen LogP contribution in [0.4, 0.5) is 4.39 Å². The molecule has 1 amide bonds. The van der Waals surface area contributed by atoms with Crippen LogP contribution in [0.2, 0.25) is 0 Å². The lowest BCUT2D eigenvalue weighted by atomic mass is 10.1. The van der Waals surface area contributed by atoms with Gasteiger partial charge in [-0.05, 0) is 30.2 Å². The number of H-pyrrole nitrogens is 1. The van der Waals surface area contributed by atoms with Crippen molar-refractivity contribution in [2.24, 2.45) is 0 Å². The lowest BCUT2D eigenvalue weighted by Gasteiger charge is -2.02. The summed E-state index contributed by atoms with van der Waals surface area (Å²) in [5.41, 5.74) is 1.76. The van der Waals surface area contributed by atoms with E-state index in [1.807, 2.05) is 0 Å². The molecule has 0 saturated carbocycles. The Morgan fingerprint density at radius 2 is 2.29 bits per heavy atom. The standard InChI is InChI=1S/C12H13FN2O2/c13-9-1-2-10-8(6-15-11(10)5-9)3-4-14-12(17)7-16/h1-2,5-6,15-16H,3-4,7H2,(H,14,17). The Morgan fingerprint density at radius 3 is 3.06 bits per heavy atom. The highest BCUT2D eigenvalue weighted by Crippen LogP contribution is 2.19. The summed E-state index contributed by atoms with van der Waals surface area (Å²) in [6.07, 6.45) is 2.44. The number of benzene rings is 1. The van der Waals surface area contributed by atoms with E-state index in [9.17, 15) is 9.18 Å². The van der Waals surface area contributed by atoms with Crippen molar-refractivity contribution in [2.45, 2.75) is 6.42 Å². The number of halogens is 1. The summed E-state index contributed by atoms with van der Waals surface area (Å²) >= 11 is 0. The first kappa shape index (κ1) is 11.6. The maximum absolute atomic E-state index is 12.9. The molecule has 0 atom stereocenters. The van der Waals surface area contributed by atoms with Crippen molar-refractivity contribution in [1.29, 1.82) is 0 Å². The molecule has 4 nitrogen and oxygen atoms in total. The lowest BCUT2D eigenvalue weighted by molar-refractivity contribution is -0.123. The monoisotopic (exact) mass is 236 g/mol. The van der Waals surface area contributed by atoms with Crippen molar-refractivity contribution >= 4 is 16.8 Å².